The maximum Gasteiger partial charge on any atom is 0.328 e. The van der Waals surface area contributed by atoms with Crippen LogP contribution < -0.4 is 0 Å². The lowest BCUT2D eigenvalue weighted by molar-refractivity contribution is -0.156. The van der Waals surface area contributed by atoms with E-state index >= 15 is 0 Å². The summed E-state index contributed by atoms with van der Waals surface area (Å²) < 4.78 is 6.08. The van der Waals surface area contributed by atoms with E-state index in [1.165, 1.54) is 0 Å². The summed E-state index contributed by atoms with van der Waals surface area (Å²) in [5.74, 6) is -2.95. The van der Waals surface area contributed by atoms with Gasteiger partial charge in [-0.15, -0.1) is 20.5 Å². The quantitative estimate of drug-likeness (QED) is 0.825. The third-order valence-electron chi connectivity index (χ3n) is 3.39. The first-order valence-corrected chi connectivity index (χ1v) is 6.82. The van der Waals surface area contributed by atoms with E-state index in [9.17, 15) is 0 Å². The maximum absolute atomic E-state index is 6.08. The molecule has 2 aromatic carbocycles. The Hall–Kier alpha value is -3.20. The second kappa shape index (κ2) is 5.21. The smallest absolute Gasteiger partial charge is 0.273 e. The van der Waals surface area contributed by atoms with Gasteiger partial charge in [0.2, 0.25) is 0 Å². The van der Waals surface area contributed by atoms with Gasteiger partial charge in [0.05, 0.1) is 0 Å². The molecule has 2 aliphatic heterocycles. The summed E-state index contributed by atoms with van der Waals surface area (Å²) in [5, 5.41) is 30.5. The minimum absolute atomic E-state index is 0.651. The van der Waals surface area contributed by atoms with Crippen molar-refractivity contribution >= 4 is 0 Å². The highest BCUT2D eigenvalue weighted by Gasteiger charge is 2.49. The third kappa shape index (κ3) is 2.23. The zero-order valence-electron chi connectivity index (χ0n) is 11.8. The van der Waals surface area contributed by atoms with Crippen LogP contribution in [-0.2, 0) is 16.4 Å². The topological polar surface area (TPSA) is 108 Å². The number of nitrogens with zero attached hydrogens (tertiary/aromatic N) is 8. The Morgan fingerprint density at radius 2 is 0.870 bits per heavy atom. The molecule has 112 valence electrons. The van der Waals surface area contributed by atoms with Crippen molar-refractivity contribution in [2.75, 3.05) is 0 Å². The van der Waals surface area contributed by atoms with Crippen molar-refractivity contribution in [2.45, 2.75) is 11.7 Å². The minimum atomic E-state index is -1.47. The fourth-order valence-corrected chi connectivity index (χ4v) is 2.30. The normalized spacial score (nSPS) is 19.5. The molecular formula is C14H10N8O. The standard InChI is InChI=1S/C14H10N8O/c1-3-7-11(8-4-1)13(15-19-20-16-13)23-14(17-21-22-18-14)12-9-5-2-6-10-12/h1-10H. The van der Waals surface area contributed by atoms with E-state index in [1.54, 1.807) is 0 Å². The molecule has 0 atom stereocenters. The van der Waals surface area contributed by atoms with Gasteiger partial charge in [-0.3, -0.25) is 4.74 Å². The fourth-order valence-electron chi connectivity index (χ4n) is 2.30. The summed E-state index contributed by atoms with van der Waals surface area (Å²) in [5.41, 5.74) is 1.30. The second-order valence-electron chi connectivity index (χ2n) is 4.81. The van der Waals surface area contributed by atoms with Crippen LogP contribution in [0.3, 0.4) is 0 Å². The summed E-state index contributed by atoms with van der Waals surface area (Å²) in [6.07, 6.45) is 0. The molecule has 23 heavy (non-hydrogen) atoms. The molecule has 0 amide bonds. The van der Waals surface area contributed by atoms with E-state index in [0.29, 0.717) is 11.1 Å². The number of hydrogen-bond donors (Lipinski definition) is 0. The number of benzene rings is 2. The van der Waals surface area contributed by atoms with Crippen LogP contribution in [0, 0.1) is 0 Å². The van der Waals surface area contributed by atoms with E-state index in [-0.39, 0.29) is 0 Å². The monoisotopic (exact) mass is 306 g/mol. The summed E-state index contributed by atoms with van der Waals surface area (Å²) in [6.45, 7) is 0. The highest BCUT2D eigenvalue weighted by Crippen LogP contribution is 2.44. The van der Waals surface area contributed by atoms with Crippen molar-refractivity contribution in [1.82, 2.24) is 0 Å². The van der Waals surface area contributed by atoms with Crippen LogP contribution in [0.2, 0.25) is 0 Å². The van der Waals surface area contributed by atoms with Gasteiger partial charge in [0.1, 0.15) is 0 Å². The van der Waals surface area contributed by atoms with Gasteiger partial charge in [0, 0.05) is 11.1 Å². The molecule has 2 heterocycles. The van der Waals surface area contributed by atoms with E-state index < -0.39 is 11.7 Å². The van der Waals surface area contributed by atoms with E-state index in [0.717, 1.165) is 0 Å². The van der Waals surface area contributed by atoms with Gasteiger partial charge in [0.15, 0.2) is 0 Å². The van der Waals surface area contributed by atoms with Crippen LogP contribution in [0.1, 0.15) is 11.1 Å². The van der Waals surface area contributed by atoms with Crippen LogP contribution in [-0.4, -0.2) is 0 Å². The predicted molar refractivity (Wildman–Crippen MR) is 76.7 cm³/mol. The molecule has 0 spiro atoms. The zero-order valence-corrected chi connectivity index (χ0v) is 11.8. The average Bonchev–Trinajstić information content (AvgIpc) is 3.28. The van der Waals surface area contributed by atoms with Gasteiger partial charge >= 0.3 is 11.7 Å². The van der Waals surface area contributed by atoms with Crippen LogP contribution in [0.25, 0.3) is 0 Å². The first kappa shape index (κ1) is 13.5. The molecule has 0 saturated carbocycles. The number of hydrogen-bond acceptors (Lipinski definition) is 9. The third-order valence-corrected chi connectivity index (χ3v) is 3.39. The van der Waals surface area contributed by atoms with Crippen LogP contribution >= 0.6 is 0 Å². The second-order valence-corrected chi connectivity index (χ2v) is 4.81. The van der Waals surface area contributed by atoms with Gasteiger partial charge in [-0.05, 0) is 20.9 Å². The first-order valence-electron chi connectivity index (χ1n) is 6.82. The molecule has 0 fully saturated rings. The lowest BCUT2D eigenvalue weighted by Gasteiger charge is -2.28. The lowest BCUT2D eigenvalue weighted by Crippen LogP contribution is -2.35. The molecule has 0 unspecified atom stereocenters. The van der Waals surface area contributed by atoms with Crippen molar-refractivity contribution in [2.24, 2.45) is 41.4 Å². The molecule has 4 rings (SSSR count). The van der Waals surface area contributed by atoms with Gasteiger partial charge in [-0.25, -0.2) is 0 Å². The molecule has 9 nitrogen and oxygen atoms in total. The first-order chi connectivity index (χ1) is 11.3. The lowest BCUT2D eigenvalue weighted by atomic mass is 10.1. The number of ether oxygens (including phenoxy) is 1. The molecule has 0 radical (unpaired) electrons. The molecule has 0 aromatic heterocycles. The van der Waals surface area contributed by atoms with E-state index in [1.807, 2.05) is 60.7 Å². The zero-order chi connectivity index (χ0) is 15.6. The SMILES string of the molecule is c1ccc(C2(OC3(c4ccccc4)N=NN=N3)N=NN=N2)cc1. The van der Waals surface area contributed by atoms with E-state index in [2.05, 4.69) is 41.4 Å². The molecule has 0 saturated heterocycles. The Kier molecular flexibility index (Phi) is 3.05. The van der Waals surface area contributed by atoms with Gasteiger partial charge in [-0.1, -0.05) is 60.7 Å². The van der Waals surface area contributed by atoms with Gasteiger partial charge in [0.25, 0.3) is 0 Å². The Balaban J connectivity index is 1.80. The molecule has 0 N–H and O–H groups in total. The molecule has 0 aliphatic carbocycles. The summed E-state index contributed by atoms with van der Waals surface area (Å²) in [7, 11) is 0. The Bertz CT molecular complexity index is 722. The Morgan fingerprint density at radius 1 is 0.522 bits per heavy atom. The fraction of sp³-hybridized carbons (Fsp3) is 0.143. The highest BCUT2D eigenvalue weighted by atomic mass is 16.6. The summed E-state index contributed by atoms with van der Waals surface area (Å²) in [4.78, 5) is 0. The predicted octanol–water partition coefficient (Wildman–Crippen LogP) is 4.29. The Morgan fingerprint density at radius 3 is 1.22 bits per heavy atom. The van der Waals surface area contributed by atoms with Crippen molar-refractivity contribution in [3.8, 4) is 0 Å². The van der Waals surface area contributed by atoms with Crippen molar-refractivity contribution in [3.63, 3.8) is 0 Å². The largest absolute Gasteiger partial charge is 0.328 e. The van der Waals surface area contributed by atoms with Crippen LogP contribution in [0.4, 0.5) is 0 Å². The van der Waals surface area contributed by atoms with Crippen LogP contribution in [0.5, 0.6) is 0 Å². The molecule has 2 aliphatic rings. The van der Waals surface area contributed by atoms with Gasteiger partial charge < -0.3 is 0 Å². The summed E-state index contributed by atoms with van der Waals surface area (Å²) in [6, 6.07) is 18.4. The molecule has 0 bridgehead atoms. The Labute approximate surface area is 130 Å². The molecule has 9 heteroatoms. The maximum atomic E-state index is 6.08. The summed E-state index contributed by atoms with van der Waals surface area (Å²) >= 11 is 0. The molecule has 2 aromatic rings. The highest BCUT2D eigenvalue weighted by molar-refractivity contribution is 5.25. The number of rotatable bonds is 4. The van der Waals surface area contributed by atoms with Crippen molar-refractivity contribution in [1.29, 1.82) is 0 Å². The average molecular weight is 306 g/mol. The molecular weight excluding hydrogens is 296 g/mol. The minimum Gasteiger partial charge on any atom is -0.273 e. The van der Waals surface area contributed by atoms with Crippen molar-refractivity contribution < 1.29 is 4.74 Å². The van der Waals surface area contributed by atoms with Crippen molar-refractivity contribution in [3.05, 3.63) is 71.8 Å². The van der Waals surface area contributed by atoms with Gasteiger partial charge in [-0.2, -0.15) is 0 Å². The van der Waals surface area contributed by atoms with E-state index in [4.69, 9.17) is 4.74 Å². The van der Waals surface area contributed by atoms with Crippen LogP contribution in [0.15, 0.2) is 102 Å².